The second-order valence-corrected chi connectivity index (χ2v) is 7.43. The molecule has 1 aliphatic carbocycles. The first-order chi connectivity index (χ1) is 10.9. The standard InChI is InChI=1S/C18H24N4O/c1-13-8-14(10-18(2,3)9-13)20-21-17(23)11-22-12-19-15-6-4-5-7-16(15)22/h4-7,12-13H,8-11H2,1-3H3,(H,21,23)/b20-14+/t13-/m0/s1. The van der Waals surface area contributed by atoms with E-state index in [1.165, 1.54) is 6.42 Å². The zero-order valence-electron chi connectivity index (χ0n) is 14.0. The third-order valence-corrected chi connectivity index (χ3v) is 4.35. The molecule has 0 radical (unpaired) electrons. The molecule has 1 aromatic heterocycles. The van der Waals surface area contributed by atoms with Crippen LogP contribution in [0.5, 0.6) is 0 Å². The van der Waals surface area contributed by atoms with Gasteiger partial charge in [-0.2, -0.15) is 5.10 Å². The number of nitrogens with one attached hydrogen (secondary N) is 1. The second-order valence-electron chi connectivity index (χ2n) is 7.43. The van der Waals surface area contributed by atoms with E-state index in [0.717, 1.165) is 29.6 Å². The molecule has 1 aliphatic rings. The highest BCUT2D eigenvalue weighted by atomic mass is 16.2. The number of hydrogen-bond acceptors (Lipinski definition) is 3. The Morgan fingerprint density at radius 1 is 1.43 bits per heavy atom. The van der Waals surface area contributed by atoms with Gasteiger partial charge in [-0.3, -0.25) is 4.79 Å². The van der Waals surface area contributed by atoms with Gasteiger partial charge in [-0.05, 0) is 42.7 Å². The maximum Gasteiger partial charge on any atom is 0.260 e. The number of amides is 1. The third-order valence-electron chi connectivity index (χ3n) is 4.35. The molecule has 3 rings (SSSR count). The van der Waals surface area contributed by atoms with Gasteiger partial charge in [0, 0.05) is 5.71 Å². The topological polar surface area (TPSA) is 59.3 Å². The Balaban J connectivity index is 1.64. The van der Waals surface area contributed by atoms with Crippen LogP contribution in [0.1, 0.15) is 40.0 Å². The van der Waals surface area contributed by atoms with E-state index in [4.69, 9.17) is 0 Å². The SMILES string of the molecule is C[C@H]1C/C(=N\NC(=O)Cn2cnc3ccccc32)CC(C)(C)C1. The van der Waals surface area contributed by atoms with Crippen LogP contribution in [0.4, 0.5) is 0 Å². The number of nitrogens with zero attached hydrogens (tertiary/aromatic N) is 3. The van der Waals surface area contributed by atoms with Gasteiger partial charge >= 0.3 is 0 Å². The lowest BCUT2D eigenvalue weighted by molar-refractivity contribution is -0.121. The highest BCUT2D eigenvalue weighted by Gasteiger charge is 2.29. The lowest BCUT2D eigenvalue weighted by Crippen LogP contribution is -2.31. The van der Waals surface area contributed by atoms with Crippen molar-refractivity contribution < 1.29 is 4.79 Å². The van der Waals surface area contributed by atoms with Crippen LogP contribution in [0.2, 0.25) is 0 Å². The second kappa shape index (κ2) is 6.14. The average Bonchev–Trinajstić information content (AvgIpc) is 2.86. The first-order valence-electron chi connectivity index (χ1n) is 8.17. The third kappa shape index (κ3) is 3.78. The minimum Gasteiger partial charge on any atom is -0.321 e. The molecule has 5 heteroatoms. The van der Waals surface area contributed by atoms with Crippen molar-refractivity contribution in [3.8, 4) is 0 Å². The summed E-state index contributed by atoms with van der Waals surface area (Å²) in [5.74, 6) is 0.503. The van der Waals surface area contributed by atoms with Crippen molar-refractivity contribution in [1.82, 2.24) is 15.0 Å². The molecule has 122 valence electrons. The smallest absolute Gasteiger partial charge is 0.260 e. The van der Waals surface area contributed by atoms with Crippen LogP contribution in [0.15, 0.2) is 35.7 Å². The molecule has 0 saturated heterocycles. The van der Waals surface area contributed by atoms with E-state index in [9.17, 15) is 4.79 Å². The lowest BCUT2D eigenvalue weighted by Gasteiger charge is -2.34. The van der Waals surface area contributed by atoms with Gasteiger partial charge < -0.3 is 4.57 Å². The van der Waals surface area contributed by atoms with Gasteiger partial charge in [-0.15, -0.1) is 0 Å². The lowest BCUT2D eigenvalue weighted by atomic mass is 9.72. The van der Waals surface area contributed by atoms with Crippen LogP contribution in [-0.4, -0.2) is 21.2 Å². The summed E-state index contributed by atoms with van der Waals surface area (Å²) in [4.78, 5) is 16.5. The highest BCUT2D eigenvalue weighted by molar-refractivity contribution is 5.88. The minimum atomic E-state index is -0.114. The van der Waals surface area contributed by atoms with E-state index in [1.807, 2.05) is 28.8 Å². The quantitative estimate of drug-likeness (QED) is 0.884. The molecule has 1 atom stereocenters. The van der Waals surface area contributed by atoms with Gasteiger partial charge in [0.2, 0.25) is 0 Å². The Hall–Kier alpha value is -2.17. The molecule has 0 aliphatic heterocycles. The van der Waals surface area contributed by atoms with E-state index < -0.39 is 0 Å². The molecule has 1 amide bonds. The predicted octanol–water partition coefficient (Wildman–Crippen LogP) is 3.35. The van der Waals surface area contributed by atoms with E-state index in [1.54, 1.807) is 6.33 Å². The number of carbonyl (C=O) groups is 1. The summed E-state index contributed by atoms with van der Waals surface area (Å²) in [6, 6.07) is 7.80. The van der Waals surface area contributed by atoms with Gasteiger partial charge in [-0.25, -0.2) is 10.4 Å². The Labute approximate surface area is 136 Å². The summed E-state index contributed by atoms with van der Waals surface area (Å²) in [6.07, 6.45) is 4.83. The molecule has 1 N–H and O–H groups in total. The monoisotopic (exact) mass is 312 g/mol. The van der Waals surface area contributed by atoms with Crippen LogP contribution >= 0.6 is 0 Å². The molecule has 0 bridgehead atoms. The number of hydrazone groups is 1. The number of aromatic nitrogens is 2. The number of rotatable bonds is 3. The fourth-order valence-electron chi connectivity index (χ4n) is 3.67. The van der Waals surface area contributed by atoms with Crippen LogP contribution < -0.4 is 5.43 Å². The van der Waals surface area contributed by atoms with Crippen molar-refractivity contribution in [1.29, 1.82) is 0 Å². The number of para-hydroxylation sites is 2. The molecule has 1 saturated carbocycles. The van der Waals surface area contributed by atoms with E-state index in [-0.39, 0.29) is 17.9 Å². The predicted molar refractivity (Wildman–Crippen MR) is 92.1 cm³/mol. The van der Waals surface area contributed by atoms with Crippen LogP contribution in [-0.2, 0) is 11.3 Å². The molecule has 0 unspecified atom stereocenters. The largest absolute Gasteiger partial charge is 0.321 e. The molecule has 1 aromatic carbocycles. The maximum atomic E-state index is 12.2. The van der Waals surface area contributed by atoms with Crippen molar-refractivity contribution in [2.45, 2.75) is 46.6 Å². The molecule has 1 fully saturated rings. The van der Waals surface area contributed by atoms with Crippen molar-refractivity contribution in [2.75, 3.05) is 0 Å². The average molecular weight is 312 g/mol. The normalized spacial score (nSPS) is 22.4. The Morgan fingerprint density at radius 2 is 2.22 bits per heavy atom. The molecule has 5 nitrogen and oxygen atoms in total. The van der Waals surface area contributed by atoms with Gasteiger partial charge in [0.15, 0.2) is 0 Å². The summed E-state index contributed by atoms with van der Waals surface area (Å²) in [5, 5.41) is 4.37. The van der Waals surface area contributed by atoms with Crippen LogP contribution in [0.3, 0.4) is 0 Å². The molecular weight excluding hydrogens is 288 g/mol. The zero-order valence-corrected chi connectivity index (χ0v) is 14.0. The Bertz CT molecular complexity index is 744. The maximum absolute atomic E-state index is 12.2. The molecule has 2 aromatic rings. The number of carbonyl (C=O) groups excluding carboxylic acids is 1. The van der Waals surface area contributed by atoms with Gasteiger partial charge in [0.25, 0.3) is 5.91 Å². The number of imidazole rings is 1. The van der Waals surface area contributed by atoms with Crippen molar-refractivity contribution in [3.63, 3.8) is 0 Å². The van der Waals surface area contributed by atoms with Crippen molar-refractivity contribution in [2.24, 2.45) is 16.4 Å². The summed E-state index contributed by atoms with van der Waals surface area (Å²) >= 11 is 0. The summed E-state index contributed by atoms with van der Waals surface area (Å²) in [7, 11) is 0. The fraction of sp³-hybridized carbons (Fsp3) is 0.500. The van der Waals surface area contributed by atoms with Gasteiger partial charge in [0.05, 0.1) is 17.4 Å². The number of benzene rings is 1. The summed E-state index contributed by atoms with van der Waals surface area (Å²) in [6.45, 7) is 7.00. The van der Waals surface area contributed by atoms with Crippen LogP contribution in [0.25, 0.3) is 11.0 Å². The van der Waals surface area contributed by atoms with E-state index in [0.29, 0.717) is 5.92 Å². The Morgan fingerprint density at radius 3 is 3.00 bits per heavy atom. The van der Waals surface area contributed by atoms with Crippen LogP contribution in [0, 0.1) is 11.3 Å². The summed E-state index contributed by atoms with van der Waals surface area (Å²) in [5.41, 5.74) is 5.93. The molecule has 0 spiro atoms. The van der Waals surface area contributed by atoms with E-state index >= 15 is 0 Å². The van der Waals surface area contributed by atoms with Gasteiger partial charge in [0.1, 0.15) is 6.54 Å². The molecule has 1 heterocycles. The van der Waals surface area contributed by atoms with E-state index in [2.05, 4.69) is 36.3 Å². The Kier molecular flexibility index (Phi) is 4.20. The molecule has 23 heavy (non-hydrogen) atoms. The fourth-order valence-corrected chi connectivity index (χ4v) is 3.67. The minimum absolute atomic E-state index is 0.114. The highest BCUT2D eigenvalue weighted by Crippen LogP contribution is 2.36. The molecular formula is C18H24N4O. The van der Waals surface area contributed by atoms with Crippen molar-refractivity contribution in [3.05, 3.63) is 30.6 Å². The summed E-state index contributed by atoms with van der Waals surface area (Å²) < 4.78 is 1.85. The first kappa shape index (κ1) is 15.7. The van der Waals surface area contributed by atoms with Crippen molar-refractivity contribution >= 4 is 22.7 Å². The zero-order chi connectivity index (χ0) is 16.4. The first-order valence-corrected chi connectivity index (χ1v) is 8.17. The number of hydrogen-bond donors (Lipinski definition) is 1. The van der Waals surface area contributed by atoms with Gasteiger partial charge in [-0.1, -0.05) is 32.9 Å². The number of fused-ring (bicyclic) bond motifs is 1.